The second-order valence-corrected chi connectivity index (χ2v) is 19.3. The maximum atomic E-state index is 12.0. The maximum absolute atomic E-state index is 12.0. The van der Waals surface area contributed by atoms with Gasteiger partial charge in [0.1, 0.15) is 12.0 Å². The fraction of sp³-hybridized carbons (Fsp3) is 0.722. The van der Waals surface area contributed by atoms with Crippen LogP contribution in [0, 0.1) is 24.7 Å². The van der Waals surface area contributed by atoms with Gasteiger partial charge in [0.05, 0.1) is 112 Å². The third-order valence-corrected chi connectivity index (χ3v) is 13.1. The molecule has 1 aromatic carbocycles. The smallest absolute Gasteiger partial charge is 0.125 e. The zero-order valence-corrected chi connectivity index (χ0v) is 42.0. The zero-order chi connectivity index (χ0) is 48.8. The van der Waals surface area contributed by atoms with E-state index in [0.717, 1.165) is 62.0 Å². The minimum atomic E-state index is -0.294. The summed E-state index contributed by atoms with van der Waals surface area (Å²) >= 11 is 0. The van der Waals surface area contributed by atoms with Gasteiger partial charge in [-0.3, -0.25) is 9.80 Å². The van der Waals surface area contributed by atoms with Crippen molar-refractivity contribution in [3.63, 3.8) is 0 Å². The van der Waals surface area contributed by atoms with Crippen LogP contribution in [0.2, 0.25) is 0 Å². The molecule has 386 valence electrons. The lowest BCUT2D eigenvalue weighted by Crippen LogP contribution is -2.40. The molecule has 4 rings (SSSR count). The van der Waals surface area contributed by atoms with E-state index >= 15 is 0 Å². The van der Waals surface area contributed by atoms with E-state index in [1.165, 1.54) is 43.3 Å². The molecule has 4 N–H and O–H groups in total. The summed E-state index contributed by atoms with van der Waals surface area (Å²) in [6, 6.07) is 4.38. The van der Waals surface area contributed by atoms with E-state index in [0.29, 0.717) is 117 Å². The van der Waals surface area contributed by atoms with Gasteiger partial charge in [-0.15, -0.1) is 0 Å². The molecule has 4 atom stereocenters. The number of benzene rings is 1. The molecule has 14 nitrogen and oxygen atoms in total. The molecule has 0 bridgehead atoms. The Labute approximate surface area is 408 Å². The highest BCUT2D eigenvalue weighted by atomic mass is 16.5. The van der Waals surface area contributed by atoms with Crippen molar-refractivity contribution in [1.82, 2.24) is 9.80 Å². The van der Waals surface area contributed by atoms with Crippen LogP contribution >= 0.6 is 0 Å². The molecule has 1 aromatic rings. The first kappa shape index (κ1) is 57.7. The standard InChI is InChI=1S/C54H88N2O12/c1-43-38-44(40-51(53(43)61)54(2,3)4)39-45(41-60)42-68-37-36-65-28-21-56(20-27-64-33-35-67-31-24-59)50-16-12-48(13-17-50)52(46-8-6-5-7-9-46)47-10-14-49(15-11-47)55(18-25-62-29-22-57)19-26-63-32-34-66-30-23-58/h10-14,16,38,40-41,45-46,49-50,52,57-59,61H,5-9,15,17-37,39,42H2,1-4H3. The van der Waals surface area contributed by atoms with Crippen LogP contribution in [0.3, 0.4) is 0 Å². The van der Waals surface area contributed by atoms with Crippen molar-refractivity contribution in [2.24, 2.45) is 17.8 Å². The monoisotopic (exact) mass is 957 g/mol. The van der Waals surface area contributed by atoms with Crippen LogP contribution in [0.1, 0.15) is 82.4 Å². The number of carbonyl (C=O) groups excluding carboxylic acids is 1. The third-order valence-electron chi connectivity index (χ3n) is 13.1. The van der Waals surface area contributed by atoms with Crippen molar-refractivity contribution in [3.05, 3.63) is 76.4 Å². The summed E-state index contributed by atoms with van der Waals surface area (Å²) < 4.78 is 40.3. The quantitative estimate of drug-likeness (QED) is 0.0470. The van der Waals surface area contributed by atoms with Crippen LogP contribution in [0.15, 0.2) is 59.7 Å². The van der Waals surface area contributed by atoms with Crippen LogP contribution in [-0.4, -0.2) is 187 Å². The molecule has 0 radical (unpaired) electrons. The summed E-state index contributed by atoms with van der Waals surface area (Å²) in [5, 5.41) is 37.9. The highest BCUT2D eigenvalue weighted by molar-refractivity contribution is 5.55. The van der Waals surface area contributed by atoms with Gasteiger partial charge in [-0.25, -0.2) is 0 Å². The molecule has 0 aromatic heterocycles. The van der Waals surface area contributed by atoms with Gasteiger partial charge < -0.3 is 58.4 Å². The number of ether oxygens (including phenoxy) is 7. The number of phenolic OH excluding ortho intramolecular Hbond substituents is 1. The Morgan fingerprint density at radius 1 is 0.632 bits per heavy atom. The number of aryl methyl sites for hydroxylation is 1. The molecule has 0 aliphatic heterocycles. The molecule has 0 spiro atoms. The van der Waals surface area contributed by atoms with E-state index in [2.05, 4.69) is 67.0 Å². The Morgan fingerprint density at radius 3 is 1.49 bits per heavy atom. The number of aliphatic hydroxyl groups excluding tert-OH is 3. The lowest BCUT2D eigenvalue weighted by atomic mass is 9.71. The van der Waals surface area contributed by atoms with Crippen molar-refractivity contribution in [3.8, 4) is 5.75 Å². The number of nitrogens with zero attached hydrogens (tertiary/aromatic N) is 2. The molecule has 0 heterocycles. The molecular weight excluding hydrogens is 869 g/mol. The molecule has 0 saturated heterocycles. The van der Waals surface area contributed by atoms with E-state index < -0.39 is 0 Å². The van der Waals surface area contributed by atoms with E-state index in [-0.39, 0.29) is 43.2 Å². The summed E-state index contributed by atoms with van der Waals surface area (Å²) in [4.78, 5) is 16.9. The number of carbonyl (C=O) groups is 1. The Morgan fingerprint density at radius 2 is 1.07 bits per heavy atom. The second-order valence-electron chi connectivity index (χ2n) is 19.3. The number of hydrogen-bond donors (Lipinski definition) is 4. The predicted octanol–water partition coefficient (Wildman–Crippen LogP) is 5.76. The van der Waals surface area contributed by atoms with Gasteiger partial charge in [0, 0.05) is 50.1 Å². The van der Waals surface area contributed by atoms with Gasteiger partial charge in [0.25, 0.3) is 0 Å². The number of aldehydes is 1. The molecule has 1 saturated carbocycles. The van der Waals surface area contributed by atoms with Crippen LogP contribution in [0.25, 0.3) is 0 Å². The van der Waals surface area contributed by atoms with Crippen molar-refractivity contribution >= 4 is 6.29 Å². The van der Waals surface area contributed by atoms with Gasteiger partial charge in [0.2, 0.25) is 0 Å². The summed E-state index contributed by atoms with van der Waals surface area (Å²) in [7, 11) is 0. The first-order valence-electron chi connectivity index (χ1n) is 25.5. The first-order chi connectivity index (χ1) is 33.1. The second kappa shape index (κ2) is 33.7. The van der Waals surface area contributed by atoms with Crippen molar-refractivity contribution in [2.45, 2.75) is 96.6 Å². The average molecular weight is 957 g/mol. The number of allylic oxidation sites excluding steroid dienone is 4. The fourth-order valence-corrected chi connectivity index (χ4v) is 9.46. The number of rotatable bonds is 37. The predicted molar refractivity (Wildman–Crippen MR) is 266 cm³/mol. The van der Waals surface area contributed by atoms with Crippen LogP contribution in [0.4, 0.5) is 0 Å². The molecule has 4 unspecified atom stereocenters. The minimum absolute atomic E-state index is 0.00431. The zero-order valence-electron chi connectivity index (χ0n) is 42.0. The SMILES string of the molecule is Cc1cc(CC(C=O)COCCOCCN(CCOCCOCCO)C2C=CC(C(C3=CCC(N(CCOCCO)CCOCCOCCO)C=C3)C3CCCCC3)=CC2)cc(C(C)(C)C)c1O. The number of aliphatic hydroxyl groups is 3. The molecule has 1 fully saturated rings. The highest BCUT2D eigenvalue weighted by Crippen LogP contribution is 2.42. The highest BCUT2D eigenvalue weighted by Gasteiger charge is 2.31. The van der Waals surface area contributed by atoms with Crippen molar-refractivity contribution < 1.29 is 58.4 Å². The summed E-state index contributed by atoms with van der Waals surface area (Å²) in [5.41, 5.74) is 5.31. The Kier molecular flexibility index (Phi) is 28.6. The van der Waals surface area contributed by atoms with Crippen LogP contribution in [-0.2, 0) is 49.8 Å². The Hall–Kier alpha value is -2.83. The largest absolute Gasteiger partial charge is 0.507 e. The van der Waals surface area contributed by atoms with Crippen molar-refractivity contribution in [1.29, 1.82) is 0 Å². The fourth-order valence-electron chi connectivity index (χ4n) is 9.46. The summed E-state index contributed by atoms with van der Waals surface area (Å²) in [5.74, 6) is 0.965. The summed E-state index contributed by atoms with van der Waals surface area (Å²) in [6.07, 6.45) is 24.0. The van der Waals surface area contributed by atoms with E-state index in [1.54, 1.807) is 0 Å². The molecule has 68 heavy (non-hydrogen) atoms. The number of hydrogen-bond acceptors (Lipinski definition) is 14. The normalized spacial score (nSPS) is 18.9. The van der Waals surface area contributed by atoms with Gasteiger partial charge in [0.15, 0.2) is 0 Å². The van der Waals surface area contributed by atoms with Crippen LogP contribution in [0.5, 0.6) is 5.75 Å². The average Bonchev–Trinajstić information content (AvgIpc) is 3.34. The Bertz CT molecular complexity index is 1650. The maximum Gasteiger partial charge on any atom is 0.125 e. The Balaban J connectivity index is 1.33. The molecular formula is C54H88N2O12. The lowest BCUT2D eigenvalue weighted by molar-refractivity contribution is -0.113. The van der Waals surface area contributed by atoms with Crippen molar-refractivity contribution in [2.75, 3.05) is 138 Å². The van der Waals surface area contributed by atoms with Gasteiger partial charge in [-0.1, -0.05) is 88.6 Å². The van der Waals surface area contributed by atoms with E-state index in [1.807, 2.05) is 19.1 Å². The molecule has 3 aliphatic rings. The van der Waals surface area contributed by atoms with Gasteiger partial charge >= 0.3 is 0 Å². The first-order valence-corrected chi connectivity index (χ1v) is 25.5. The van der Waals surface area contributed by atoms with Gasteiger partial charge in [-0.2, -0.15) is 0 Å². The van der Waals surface area contributed by atoms with E-state index in [4.69, 9.17) is 43.4 Å². The lowest BCUT2D eigenvalue weighted by Gasteiger charge is -2.37. The molecule has 3 aliphatic carbocycles. The third kappa shape index (κ3) is 21.3. The molecule has 0 amide bonds. The topological polar surface area (TPSA) is 169 Å². The number of phenols is 1. The minimum Gasteiger partial charge on any atom is -0.507 e. The molecule has 14 heteroatoms. The number of aromatic hydroxyl groups is 1. The van der Waals surface area contributed by atoms with Gasteiger partial charge in [-0.05, 0) is 78.2 Å². The summed E-state index contributed by atoms with van der Waals surface area (Å²) in [6.45, 7) is 17.2. The van der Waals surface area contributed by atoms with Crippen LogP contribution < -0.4 is 0 Å². The van der Waals surface area contributed by atoms with E-state index in [9.17, 15) is 15.0 Å².